The number of Topliss-reactive ketones (excluding diaryl/α,β-unsaturated/α-hetero) is 1. The largest absolute Gasteiger partial charge is 0.481 e. The van der Waals surface area contributed by atoms with Crippen LogP contribution in [0.25, 0.3) is 0 Å². The van der Waals surface area contributed by atoms with Crippen LogP contribution in [-0.4, -0.2) is 58.5 Å². The molecule has 3 unspecified atom stereocenters. The molecule has 9 heteroatoms. The Morgan fingerprint density at radius 1 is 1.31 bits per heavy atom. The van der Waals surface area contributed by atoms with Gasteiger partial charge in [0.2, 0.25) is 5.91 Å². The summed E-state index contributed by atoms with van der Waals surface area (Å²) in [7, 11) is 0. The highest BCUT2D eigenvalue weighted by Crippen LogP contribution is 2.34. The van der Waals surface area contributed by atoms with E-state index in [1.807, 2.05) is 0 Å². The number of para-hydroxylation sites is 1. The molecule has 0 aliphatic carbocycles. The van der Waals surface area contributed by atoms with E-state index in [0.717, 1.165) is 0 Å². The Balaban J connectivity index is 1.77. The number of carboxylic acid groups (broad SMARTS) is 1. The van der Waals surface area contributed by atoms with E-state index in [0.29, 0.717) is 24.1 Å². The second-order valence-corrected chi connectivity index (χ2v) is 6.27. The van der Waals surface area contributed by atoms with E-state index in [4.69, 9.17) is 5.11 Å². The first-order valence-electron chi connectivity index (χ1n) is 8.21. The lowest BCUT2D eigenvalue weighted by Crippen LogP contribution is -2.55. The first-order chi connectivity index (χ1) is 12.4. The number of fused-ring (bicyclic) bond motifs is 2. The minimum absolute atomic E-state index is 0.311. The lowest BCUT2D eigenvalue weighted by Gasteiger charge is -2.36. The molecule has 0 saturated carbocycles. The van der Waals surface area contributed by atoms with Crippen LogP contribution in [0.15, 0.2) is 24.3 Å². The molecule has 1 saturated heterocycles. The number of ketones is 1. The number of hydrogen-bond donors (Lipinski definition) is 3. The fourth-order valence-electron chi connectivity index (χ4n) is 3.39. The highest BCUT2D eigenvalue weighted by atomic mass is 19.1. The van der Waals surface area contributed by atoms with E-state index in [1.54, 1.807) is 24.3 Å². The average molecular weight is 363 g/mol. The quantitative estimate of drug-likeness (QED) is 0.679. The summed E-state index contributed by atoms with van der Waals surface area (Å²) >= 11 is 0. The Morgan fingerprint density at radius 2 is 2.04 bits per heavy atom. The van der Waals surface area contributed by atoms with E-state index in [2.05, 4.69) is 10.6 Å². The maximum Gasteiger partial charge on any atom is 0.305 e. The van der Waals surface area contributed by atoms with Crippen molar-refractivity contribution < 1.29 is 28.7 Å². The predicted octanol–water partition coefficient (Wildman–Crippen LogP) is 0.541. The van der Waals surface area contributed by atoms with E-state index in [9.17, 15) is 23.6 Å². The molecule has 138 valence electrons. The molecule has 2 aliphatic heterocycles. The van der Waals surface area contributed by atoms with Gasteiger partial charge in [-0.05, 0) is 25.0 Å². The van der Waals surface area contributed by atoms with Gasteiger partial charge >= 0.3 is 5.97 Å². The van der Waals surface area contributed by atoms with Gasteiger partial charge < -0.3 is 20.6 Å². The van der Waals surface area contributed by atoms with Crippen molar-refractivity contribution in [3.63, 3.8) is 0 Å². The number of rotatable bonds is 6. The summed E-state index contributed by atoms with van der Waals surface area (Å²) in [6.07, 6.45) is -0.186. The van der Waals surface area contributed by atoms with Crippen molar-refractivity contribution in [1.29, 1.82) is 0 Å². The zero-order valence-corrected chi connectivity index (χ0v) is 13.8. The molecule has 0 bridgehead atoms. The number of nitrogens with zero attached hydrogens (tertiary/aromatic N) is 1. The van der Waals surface area contributed by atoms with Crippen LogP contribution in [0.5, 0.6) is 0 Å². The first-order valence-corrected chi connectivity index (χ1v) is 8.21. The number of carboxylic acids is 1. The van der Waals surface area contributed by atoms with Gasteiger partial charge in [-0.25, -0.2) is 4.39 Å². The van der Waals surface area contributed by atoms with Crippen LogP contribution in [-0.2, 0) is 14.4 Å². The van der Waals surface area contributed by atoms with Gasteiger partial charge in [0.05, 0.1) is 12.0 Å². The number of carbonyl (C=O) groups is 4. The highest BCUT2D eigenvalue weighted by Gasteiger charge is 2.45. The van der Waals surface area contributed by atoms with E-state index >= 15 is 0 Å². The van der Waals surface area contributed by atoms with Crippen LogP contribution in [0.4, 0.5) is 10.1 Å². The number of benzene rings is 1. The van der Waals surface area contributed by atoms with Gasteiger partial charge in [-0.1, -0.05) is 12.1 Å². The van der Waals surface area contributed by atoms with E-state index in [1.165, 1.54) is 4.90 Å². The summed E-state index contributed by atoms with van der Waals surface area (Å²) in [5.41, 5.74) is 1.13. The third kappa shape index (κ3) is 3.24. The molecule has 1 aromatic carbocycles. The summed E-state index contributed by atoms with van der Waals surface area (Å²) in [6.45, 7) is -1.37. The smallest absolute Gasteiger partial charge is 0.305 e. The summed E-state index contributed by atoms with van der Waals surface area (Å²) in [6, 6.07) is 4.63. The third-order valence-electron chi connectivity index (χ3n) is 4.62. The summed E-state index contributed by atoms with van der Waals surface area (Å²) in [4.78, 5) is 49.1. The monoisotopic (exact) mass is 363 g/mol. The second kappa shape index (κ2) is 7.11. The first kappa shape index (κ1) is 17.8. The molecule has 3 rings (SSSR count). The number of halogens is 1. The molecule has 1 fully saturated rings. The predicted molar refractivity (Wildman–Crippen MR) is 88.2 cm³/mol. The standard InChI is InChI=1S/C17H18FN3O5/c18-8-13(22)11(7-15(23)24)20-16(25)12-5-6-14-19-10-4-2-1-3-9(10)17(26)21(12)14/h1-4,11-12,14,19H,5-8H2,(H,20,25)(H,23,24). The number of hydrogen-bond acceptors (Lipinski definition) is 5. The lowest BCUT2D eigenvalue weighted by atomic mass is 10.1. The number of alkyl halides is 1. The van der Waals surface area contributed by atoms with Gasteiger partial charge in [0.1, 0.15) is 24.9 Å². The number of carbonyl (C=O) groups excluding carboxylic acids is 3. The molecule has 3 atom stereocenters. The fraction of sp³-hybridized carbons (Fsp3) is 0.412. The third-order valence-corrected chi connectivity index (χ3v) is 4.62. The van der Waals surface area contributed by atoms with Crippen LogP contribution in [0.1, 0.15) is 29.6 Å². The Bertz CT molecular complexity index is 769. The fourth-order valence-corrected chi connectivity index (χ4v) is 3.39. The SMILES string of the molecule is O=C(O)CC(NC(=O)C1CCC2Nc3ccccc3C(=O)N21)C(=O)CF. The topological polar surface area (TPSA) is 116 Å². The van der Waals surface area contributed by atoms with Gasteiger partial charge in [0, 0.05) is 5.69 Å². The normalized spacial score (nSPS) is 22.0. The molecule has 2 aliphatic rings. The minimum atomic E-state index is -1.45. The Morgan fingerprint density at radius 3 is 2.73 bits per heavy atom. The van der Waals surface area contributed by atoms with Crippen LogP contribution >= 0.6 is 0 Å². The van der Waals surface area contributed by atoms with Gasteiger partial charge in [-0.3, -0.25) is 19.2 Å². The maximum atomic E-state index is 12.8. The molecule has 2 heterocycles. The molecule has 0 radical (unpaired) electrons. The second-order valence-electron chi connectivity index (χ2n) is 6.27. The van der Waals surface area contributed by atoms with Crippen molar-refractivity contribution in [3.8, 4) is 0 Å². The van der Waals surface area contributed by atoms with Gasteiger partial charge in [-0.15, -0.1) is 0 Å². The number of nitrogens with one attached hydrogen (secondary N) is 2. The highest BCUT2D eigenvalue weighted by molar-refractivity contribution is 6.04. The minimum Gasteiger partial charge on any atom is -0.481 e. The maximum absolute atomic E-state index is 12.8. The van der Waals surface area contributed by atoms with Crippen molar-refractivity contribution in [2.24, 2.45) is 0 Å². The number of amides is 2. The van der Waals surface area contributed by atoms with Crippen molar-refractivity contribution in [2.45, 2.75) is 37.5 Å². The molecule has 2 amide bonds. The lowest BCUT2D eigenvalue weighted by molar-refractivity contribution is -0.140. The molecular weight excluding hydrogens is 345 g/mol. The summed E-state index contributed by atoms with van der Waals surface area (Å²) in [5, 5.41) is 14.3. The zero-order chi connectivity index (χ0) is 18.8. The molecule has 3 N–H and O–H groups in total. The Labute approximate surface area is 148 Å². The molecule has 1 aromatic rings. The van der Waals surface area contributed by atoms with Gasteiger partial charge in [-0.2, -0.15) is 0 Å². The average Bonchev–Trinajstić information content (AvgIpc) is 3.04. The molecule has 0 aromatic heterocycles. The van der Waals surface area contributed by atoms with Crippen LogP contribution in [0.2, 0.25) is 0 Å². The molecule has 0 spiro atoms. The van der Waals surface area contributed by atoms with E-state index in [-0.39, 0.29) is 12.1 Å². The molecule has 26 heavy (non-hydrogen) atoms. The van der Waals surface area contributed by atoms with Crippen molar-refractivity contribution in [2.75, 3.05) is 12.0 Å². The Hall–Kier alpha value is -2.97. The van der Waals surface area contributed by atoms with Crippen LogP contribution in [0, 0.1) is 0 Å². The summed E-state index contributed by atoms with van der Waals surface area (Å²) < 4.78 is 12.6. The number of aliphatic carboxylic acids is 1. The van der Waals surface area contributed by atoms with Gasteiger partial charge in [0.25, 0.3) is 5.91 Å². The van der Waals surface area contributed by atoms with E-state index < -0.39 is 42.8 Å². The van der Waals surface area contributed by atoms with Gasteiger partial charge in [0.15, 0.2) is 5.78 Å². The van der Waals surface area contributed by atoms with Crippen LogP contribution in [0.3, 0.4) is 0 Å². The summed E-state index contributed by atoms with van der Waals surface area (Å²) in [5.74, 6) is -3.31. The zero-order valence-electron chi connectivity index (χ0n) is 13.8. The Kier molecular flexibility index (Phi) is 4.88. The van der Waals surface area contributed by atoms with Crippen molar-refractivity contribution >= 4 is 29.3 Å². The van der Waals surface area contributed by atoms with Crippen molar-refractivity contribution in [1.82, 2.24) is 10.2 Å². The van der Waals surface area contributed by atoms with Crippen LogP contribution < -0.4 is 10.6 Å². The molecule has 8 nitrogen and oxygen atoms in total. The van der Waals surface area contributed by atoms with Crippen molar-refractivity contribution in [3.05, 3.63) is 29.8 Å². The molecular formula is C17H18FN3O5. The number of anilines is 1.